The molecule has 0 aliphatic carbocycles. The number of nitro groups is 1. The van der Waals surface area contributed by atoms with Crippen molar-refractivity contribution < 1.29 is 37.6 Å². The van der Waals surface area contributed by atoms with Crippen molar-refractivity contribution in [2.75, 3.05) is 56.2 Å². The number of amides is 1. The summed E-state index contributed by atoms with van der Waals surface area (Å²) in [7, 11) is -6.29. The molecule has 2 aliphatic rings. The number of nitro benzene ring substituents is 1. The molecule has 0 saturated carbocycles. The van der Waals surface area contributed by atoms with Gasteiger partial charge in [-0.1, -0.05) is 18.2 Å². The molecule has 14 nitrogen and oxygen atoms in total. The molecule has 0 spiro atoms. The maximum atomic E-state index is 13.0. The first-order valence-electron chi connectivity index (χ1n) is 14.9. The largest absolute Gasteiger partial charge is 0.707 e. The van der Waals surface area contributed by atoms with Gasteiger partial charge < -0.3 is 29.7 Å². The second-order valence-electron chi connectivity index (χ2n) is 11.2. The molecule has 3 aromatic rings. The number of sulfonamides is 1. The lowest BCUT2D eigenvalue weighted by Gasteiger charge is -2.36. The molecule has 0 aromatic heterocycles. The molecule has 2 saturated heterocycles. The smallest absolute Gasteiger partial charge is 0.512 e. The summed E-state index contributed by atoms with van der Waals surface area (Å²) in [6, 6.07) is 17.3. The topological polar surface area (TPSA) is 184 Å². The third-order valence-electron chi connectivity index (χ3n) is 8.09. The summed E-state index contributed by atoms with van der Waals surface area (Å²) in [4.78, 5) is 27.9. The molecule has 244 valence electrons. The number of carbonyl (C=O) groups excluding carboxylic acids is 1. The van der Waals surface area contributed by atoms with Gasteiger partial charge in [-0.3, -0.25) is 19.8 Å². The second kappa shape index (κ2) is 14.9. The molecule has 5 rings (SSSR count). The number of piperazine rings is 1. The molecule has 0 bridgehead atoms. The van der Waals surface area contributed by atoms with Crippen LogP contribution in [0.25, 0.3) is 0 Å². The van der Waals surface area contributed by atoms with E-state index in [1.807, 2.05) is 16.9 Å². The van der Waals surface area contributed by atoms with E-state index in [2.05, 4.69) is 15.1 Å². The van der Waals surface area contributed by atoms with E-state index >= 15 is 0 Å². The van der Waals surface area contributed by atoms with E-state index in [0.717, 1.165) is 43.2 Å². The van der Waals surface area contributed by atoms with Gasteiger partial charge in [-0.2, -0.15) is 0 Å². The Morgan fingerprint density at radius 3 is 2.39 bits per heavy atom. The molecule has 0 unspecified atom stereocenters. The molecular weight excluding hydrogens is 617 g/mol. The van der Waals surface area contributed by atoms with Gasteiger partial charge in [0, 0.05) is 75.4 Å². The summed E-state index contributed by atoms with van der Waals surface area (Å²) < 4.78 is 38.5. The normalized spacial score (nSPS) is 16.1. The lowest BCUT2D eigenvalue weighted by atomic mass is 10.0. The van der Waals surface area contributed by atoms with E-state index in [1.54, 1.807) is 24.3 Å². The summed E-state index contributed by atoms with van der Waals surface area (Å²) in [5.74, 6) is -0.149. The van der Waals surface area contributed by atoms with Crippen molar-refractivity contribution in [2.24, 2.45) is 5.92 Å². The highest BCUT2D eigenvalue weighted by atomic mass is 32.2. The van der Waals surface area contributed by atoms with E-state index in [9.17, 15) is 33.4 Å². The number of nitrogens with zero attached hydrogens (tertiary/aromatic N) is 3. The summed E-state index contributed by atoms with van der Waals surface area (Å²) >= 11 is 0. The van der Waals surface area contributed by atoms with E-state index < -0.39 is 33.9 Å². The molecule has 2 fully saturated rings. The fourth-order valence-electron chi connectivity index (χ4n) is 5.52. The Bertz CT molecular complexity index is 1630. The van der Waals surface area contributed by atoms with Crippen molar-refractivity contribution in [1.82, 2.24) is 9.62 Å². The zero-order chi connectivity index (χ0) is 32.7. The van der Waals surface area contributed by atoms with Crippen molar-refractivity contribution in [1.29, 1.82) is 0 Å². The molecule has 16 heteroatoms. The van der Waals surface area contributed by atoms with Crippen molar-refractivity contribution >= 4 is 40.3 Å². The van der Waals surface area contributed by atoms with Gasteiger partial charge in [0.2, 0.25) is 0 Å². The highest BCUT2D eigenvalue weighted by molar-refractivity contribution is 7.90. The van der Waals surface area contributed by atoms with Gasteiger partial charge >= 0.3 is 7.32 Å². The molecule has 46 heavy (non-hydrogen) atoms. The number of hydrogen-bond donors (Lipinski definition) is 4. The number of nitrogens with one attached hydrogen (secondary N) is 2. The third kappa shape index (κ3) is 8.53. The first-order valence-corrected chi connectivity index (χ1v) is 16.4. The number of carbonyl (C=O) groups is 1. The number of hydrogen-bond acceptors (Lipinski definition) is 12. The summed E-state index contributed by atoms with van der Waals surface area (Å²) in [6.45, 7) is 5.20. The monoisotopic (exact) mass is 653 g/mol. The SMILES string of the molecule is O=C(NS(=O)(=O)c1ccc(NCC2CCOCC2)c([N+](=O)[O-])c1)c1ccc(N2CCN(Cc3ccccc3OB(O)O)CC2)cc1. The van der Waals surface area contributed by atoms with Crippen LogP contribution in [0.4, 0.5) is 17.1 Å². The van der Waals surface area contributed by atoms with Gasteiger partial charge in [-0.15, -0.1) is 0 Å². The fourth-order valence-corrected chi connectivity index (χ4v) is 6.51. The van der Waals surface area contributed by atoms with Crippen LogP contribution in [0.2, 0.25) is 0 Å². The van der Waals surface area contributed by atoms with Crippen LogP contribution in [-0.2, 0) is 21.3 Å². The molecule has 2 heterocycles. The standard InChI is InChI=1S/C30H36BN5O9S/c37-30(33-46(42,43)26-9-10-27(28(19-26)36(40)41)32-20-22-11-17-44-18-12-22)23-5-7-25(8-6-23)35-15-13-34(14-16-35)21-24-3-1-2-4-29(24)45-31(38)39/h1-10,19,22,32,38-39H,11-18,20-21H2,(H,33,37). The Morgan fingerprint density at radius 1 is 1.02 bits per heavy atom. The van der Waals surface area contributed by atoms with E-state index in [0.29, 0.717) is 51.1 Å². The summed E-state index contributed by atoms with van der Waals surface area (Å²) in [5.41, 5.74) is 1.64. The van der Waals surface area contributed by atoms with Crippen LogP contribution in [0, 0.1) is 16.0 Å². The lowest BCUT2D eigenvalue weighted by molar-refractivity contribution is -0.384. The quantitative estimate of drug-likeness (QED) is 0.127. The van der Waals surface area contributed by atoms with Gasteiger partial charge in [0.25, 0.3) is 21.6 Å². The van der Waals surface area contributed by atoms with Crippen molar-refractivity contribution in [3.05, 3.63) is 88.0 Å². The fraction of sp³-hybridized carbons (Fsp3) is 0.367. The maximum Gasteiger partial charge on any atom is 0.707 e. The Labute approximate surface area is 267 Å². The van der Waals surface area contributed by atoms with Gasteiger partial charge in [0.05, 0.1) is 9.82 Å². The summed E-state index contributed by atoms with van der Waals surface area (Å²) in [5, 5.41) is 33.2. The minimum Gasteiger partial charge on any atom is -0.512 e. The molecule has 4 N–H and O–H groups in total. The van der Waals surface area contributed by atoms with Gasteiger partial charge in [-0.05, 0) is 61.2 Å². The van der Waals surface area contributed by atoms with E-state index in [-0.39, 0.29) is 16.1 Å². The number of anilines is 2. The molecule has 1 amide bonds. The van der Waals surface area contributed by atoms with Gasteiger partial charge in [0.1, 0.15) is 11.4 Å². The Hall–Kier alpha value is -4.22. The number of benzene rings is 3. The van der Waals surface area contributed by atoms with Crippen LogP contribution in [0.15, 0.2) is 71.6 Å². The molecule has 3 aromatic carbocycles. The number of ether oxygens (including phenoxy) is 1. The second-order valence-corrected chi connectivity index (χ2v) is 12.9. The van der Waals surface area contributed by atoms with Gasteiger partial charge in [-0.25, -0.2) is 13.1 Å². The number of rotatable bonds is 12. The zero-order valence-electron chi connectivity index (χ0n) is 25.1. The van der Waals surface area contributed by atoms with Crippen LogP contribution in [0.3, 0.4) is 0 Å². The third-order valence-corrected chi connectivity index (χ3v) is 9.42. The lowest BCUT2D eigenvalue weighted by Crippen LogP contribution is -2.46. The van der Waals surface area contributed by atoms with E-state index in [4.69, 9.17) is 9.39 Å². The Balaban J connectivity index is 1.16. The average Bonchev–Trinajstić information content (AvgIpc) is 3.05. The predicted octanol–water partition coefficient (Wildman–Crippen LogP) is 2.22. The molecule has 0 atom stereocenters. The van der Waals surface area contributed by atoms with Crippen LogP contribution in [0.5, 0.6) is 5.75 Å². The number of para-hydroxylation sites is 1. The van der Waals surface area contributed by atoms with Crippen molar-refractivity contribution in [2.45, 2.75) is 24.3 Å². The van der Waals surface area contributed by atoms with Crippen LogP contribution in [0.1, 0.15) is 28.8 Å². The molecule has 2 aliphatic heterocycles. The minimum atomic E-state index is -4.39. The van der Waals surface area contributed by atoms with Crippen LogP contribution < -0.4 is 19.6 Å². The molecule has 0 radical (unpaired) electrons. The summed E-state index contributed by atoms with van der Waals surface area (Å²) in [6.07, 6.45) is 1.67. The maximum absolute atomic E-state index is 13.0. The van der Waals surface area contributed by atoms with Crippen LogP contribution in [-0.4, -0.2) is 87.5 Å². The minimum absolute atomic E-state index is 0.123. The predicted molar refractivity (Wildman–Crippen MR) is 171 cm³/mol. The first-order chi connectivity index (χ1) is 22.1. The van der Waals surface area contributed by atoms with E-state index in [1.165, 1.54) is 24.3 Å². The highest BCUT2D eigenvalue weighted by Crippen LogP contribution is 2.29. The zero-order valence-corrected chi connectivity index (χ0v) is 25.9. The van der Waals surface area contributed by atoms with Gasteiger partial charge in [0.15, 0.2) is 0 Å². The first kappa shape index (κ1) is 33.2. The average molecular weight is 654 g/mol. The molecular formula is C30H36BN5O9S. The van der Waals surface area contributed by atoms with Crippen LogP contribution >= 0.6 is 0 Å². The van der Waals surface area contributed by atoms with Crippen molar-refractivity contribution in [3.63, 3.8) is 0 Å². The Morgan fingerprint density at radius 2 is 1.72 bits per heavy atom. The highest BCUT2D eigenvalue weighted by Gasteiger charge is 2.25. The Kier molecular flexibility index (Phi) is 10.8. The van der Waals surface area contributed by atoms with Crippen molar-refractivity contribution in [3.8, 4) is 5.75 Å².